The molecule has 3 rings (SSSR count). The van der Waals surface area contributed by atoms with Gasteiger partial charge in [0.15, 0.2) is 5.69 Å². The molecule has 0 aliphatic carbocycles. The summed E-state index contributed by atoms with van der Waals surface area (Å²) in [5.74, 6) is 0. The van der Waals surface area contributed by atoms with Crippen LogP contribution in [0.1, 0.15) is 11.1 Å². The minimum atomic E-state index is 0.532. The summed E-state index contributed by atoms with van der Waals surface area (Å²) in [6.45, 7) is 4.70. The number of hydrogen-bond donors (Lipinski definition) is 2. The standard InChI is InChI=1S/C17H18N4S/c18-12-15-16(6-7-20-17(15)22)21(10-8-19-9-11-21)13-14-4-2-1-3-5-14/h1-7,19H,8-11,13H2/p+1. The summed E-state index contributed by atoms with van der Waals surface area (Å²) in [6.07, 6.45) is 1.85. The molecule has 0 amide bonds. The van der Waals surface area contributed by atoms with Crippen LogP contribution < -0.4 is 9.80 Å². The Bertz CT molecular complexity index is 739. The van der Waals surface area contributed by atoms with E-state index < -0.39 is 0 Å². The van der Waals surface area contributed by atoms with Gasteiger partial charge in [-0.2, -0.15) is 5.26 Å². The van der Waals surface area contributed by atoms with E-state index in [9.17, 15) is 5.26 Å². The van der Waals surface area contributed by atoms with E-state index in [1.165, 1.54) is 5.56 Å². The van der Waals surface area contributed by atoms with Crippen molar-refractivity contribution in [2.24, 2.45) is 0 Å². The summed E-state index contributed by atoms with van der Waals surface area (Å²) in [6, 6.07) is 14.8. The molecule has 1 fully saturated rings. The Morgan fingerprint density at radius 3 is 2.55 bits per heavy atom. The van der Waals surface area contributed by atoms with E-state index in [-0.39, 0.29) is 0 Å². The Balaban J connectivity index is 2.09. The fourth-order valence-corrected chi connectivity index (χ4v) is 3.43. The quantitative estimate of drug-likeness (QED) is 0.677. The van der Waals surface area contributed by atoms with Crippen molar-refractivity contribution >= 4 is 17.9 Å². The molecule has 0 radical (unpaired) electrons. The molecule has 22 heavy (non-hydrogen) atoms. The summed E-state index contributed by atoms with van der Waals surface area (Å²) >= 11 is 5.32. The number of pyridine rings is 1. The van der Waals surface area contributed by atoms with Crippen LogP contribution in [0.25, 0.3) is 0 Å². The van der Waals surface area contributed by atoms with Gasteiger partial charge in [-0.15, -0.1) is 0 Å². The molecular formula is C17H19N4S+. The summed E-state index contributed by atoms with van der Waals surface area (Å²) in [5, 5.41) is 13.0. The Kier molecular flexibility index (Phi) is 4.34. The van der Waals surface area contributed by atoms with E-state index in [0.717, 1.165) is 42.9 Å². The van der Waals surface area contributed by atoms with Gasteiger partial charge in [0, 0.05) is 30.9 Å². The predicted octanol–water partition coefficient (Wildman–Crippen LogP) is 2.73. The molecule has 1 aromatic heterocycles. The van der Waals surface area contributed by atoms with Gasteiger partial charge in [-0.1, -0.05) is 42.5 Å². The summed E-state index contributed by atoms with van der Waals surface area (Å²) < 4.78 is 1.31. The van der Waals surface area contributed by atoms with E-state index in [1.54, 1.807) is 0 Å². The number of nitrogens with one attached hydrogen (secondary N) is 2. The van der Waals surface area contributed by atoms with Crippen LogP contribution in [0, 0.1) is 16.0 Å². The third-order valence-electron chi connectivity index (χ3n) is 4.32. The number of quaternary nitrogens is 1. The topological polar surface area (TPSA) is 51.6 Å². The first-order valence-electron chi connectivity index (χ1n) is 7.48. The largest absolute Gasteiger partial charge is 0.351 e. The fraction of sp³-hybridized carbons (Fsp3) is 0.294. The zero-order valence-electron chi connectivity index (χ0n) is 12.4. The highest BCUT2D eigenvalue weighted by Crippen LogP contribution is 2.30. The van der Waals surface area contributed by atoms with Gasteiger partial charge in [0.25, 0.3) is 0 Å². The van der Waals surface area contributed by atoms with Gasteiger partial charge in [-0.25, -0.2) is 0 Å². The highest BCUT2D eigenvalue weighted by Gasteiger charge is 2.35. The molecule has 1 saturated heterocycles. The summed E-state index contributed by atoms with van der Waals surface area (Å²) in [5.41, 5.74) is 2.93. The Morgan fingerprint density at radius 1 is 1.14 bits per heavy atom. The number of hydrogen-bond acceptors (Lipinski definition) is 3. The second kappa shape index (κ2) is 6.41. The third kappa shape index (κ3) is 2.81. The van der Waals surface area contributed by atoms with Crippen molar-refractivity contribution in [1.82, 2.24) is 14.8 Å². The normalized spacial score (nSPS) is 16.9. The maximum absolute atomic E-state index is 9.55. The number of piperazine rings is 1. The molecule has 4 nitrogen and oxygen atoms in total. The third-order valence-corrected chi connectivity index (χ3v) is 4.64. The van der Waals surface area contributed by atoms with Gasteiger partial charge in [0.2, 0.25) is 0 Å². The first kappa shape index (κ1) is 14.9. The number of nitriles is 1. The van der Waals surface area contributed by atoms with Crippen LogP contribution in [0.5, 0.6) is 0 Å². The average Bonchev–Trinajstić information content (AvgIpc) is 2.56. The second-order valence-corrected chi connectivity index (χ2v) is 6.07. The number of aromatic nitrogens is 1. The van der Waals surface area contributed by atoms with E-state index in [1.807, 2.05) is 18.3 Å². The lowest BCUT2D eigenvalue weighted by atomic mass is 10.1. The zero-order chi connectivity index (χ0) is 15.4. The molecule has 0 atom stereocenters. The molecular weight excluding hydrogens is 292 g/mol. The minimum Gasteiger partial charge on any atom is -0.351 e. The van der Waals surface area contributed by atoms with Crippen LogP contribution >= 0.6 is 12.2 Å². The van der Waals surface area contributed by atoms with Crippen LogP contribution in [0.4, 0.5) is 5.69 Å². The molecule has 0 spiro atoms. The lowest BCUT2D eigenvalue weighted by molar-refractivity contribution is 0.232. The summed E-state index contributed by atoms with van der Waals surface area (Å²) in [7, 11) is 0. The first-order chi connectivity index (χ1) is 10.7. The van der Waals surface area contributed by atoms with Crippen LogP contribution in [0.3, 0.4) is 0 Å². The molecule has 5 heteroatoms. The van der Waals surface area contributed by atoms with E-state index in [4.69, 9.17) is 12.2 Å². The molecule has 1 aliphatic rings. The number of rotatable bonds is 3. The van der Waals surface area contributed by atoms with Crippen molar-refractivity contribution in [2.45, 2.75) is 6.54 Å². The van der Waals surface area contributed by atoms with Gasteiger partial charge < -0.3 is 10.3 Å². The van der Waals surface area contributed by atoms with Crippen LogP contribution in [0.2, 0.25) is 0 Å². The van der Waals surface area contributed by atoms with Gasteiger partial charge in [-0.3, -0.25) is 4.48 Å². The van der Waals surface area contributed by atoms with Crippen molar-refractivity contribution in [3.8, 4) is 6.07 Å². The second-order valence-electron chi connectivity index (χ2n) is 5.66. The number of nitrogens with zero attached hydrogens (tertiary/aromatic N) is 2. The fourth-order valence-electron chi connectivity index (χ4n) is 3.21. The maximum atomic E-state index is 9.55. The minimum absolute atomic E-state index is 0.532. The smallest absolute Gasteiger partial charge is 0.155 e. The van der Waals surface area contributed by atoms with Crippen molar-refractivity contribution < 1.29 is 0 Å². The molecule has 2 aromatic rings. The molecule has 0 saturated carbocycles. The zero-order valence-corrected chi connectivity index (χ0v) is 13.2. The molecule has 0 unspecified atom stereocenters. The molecule has 2 heterocycles. The Labute approximate surface area is 135 Å². The Hall–Kier alpha value is -2.00. The van der Waals surface area contributed by atoms with Crippen molar-refractivity contribution in [3.63, 3.8) is 0 Å². The lowest BCUT2D eigenvalue weighted by Gasteiger charge is -2.41. The van der Waals surface area contributed by atoms with E-state index in [0.29, 0.717) is 10.2 Å². The van der Waals surface area contributed by atoms with Crippen molar-refractivity contribution in [2.75, 3.05) is 26.2 Å². The monoisotopic (exact) mass is 311 g/mol. The molecule has 1 aromatic carbocycles. The van der Waals surface area contributed by atoms with Crippen LogP contribution in [-0.2, 0) is 6.54 Å². The maximum Gasteiger partial charge on any atom is 0.155 e. The van der Waals surface area contributed by atoms with E-state index >= 15 is 0 Å². The lowest BCUT2D eigenvalue weighted by Crippen LogP contribution is -2.59. The van der Waals surface area contributed by atoms with Gasteiger partial charge in [-0.05, 0) is 0 Å². The number of aromatic amines is 1. The highest BCUT2D eigenvalue weighted by molar-refractivity contribution is 7.71. The number of benzene rings is 1. The van der Waals surface area contributed by atoms with Crippen molar-refractivity contribution in [1.29, 1.82) is 5.26 Å². The highest BCUT2D eigenvalue weighted by atomic mass is 32.1. The van der Waals surface area contributed by atoms with Crippen LogP contribution in [0.15, 0.2) is 42.6 Å². The SMILES string of the molecule is N#Cc1c([N+]2(Cc3ccccc3)CCNCC2)cc[nH]c1=S. The van der Waals surface area contributed by atoms with Crippen LogP contribution in [-0.4, -0.2) is 31.2 Å². The molecule has 112 valence electrons. The van der Waals surface area contributed by atoms with Gasteiger partial charge in [0.1, 0.15) is 22.8 Å². The molecule has 1 aliphatic heterocycles. The van der Waals surface area contributed by atoms with Gasteiger partial charge in [0.05, 0.1) is 13.1 Å². The molecule has 0 bridgehead atoms. The Morgan fingerprint density at radius 2 is 1.86 bits per heavy atom. The van der Waals surface area contributed by atoms with Crippen molar-refractivity contribution in [3.05, 3.63) is 58.4 Å². The summed E-state index contributed by atoms with van der Waals surface area (Å²) in [4.78, 5) is 2.98. The average molecular weight is 311 g/mol. The van der Waals surface area contributed by atoms with E-state index in [2.05, 4.69) is 40.6 Å². The first-order valence-corrected chi connectivity index (χ1v) is 7.89. The predicted molar refractivity (Wildman–Crippen MR) is 90.9 cm³/mol. The van der Waals surface area contributed by atoms with Gasteiger partial charge >= 0.3 is 0 Å². The number of H-pyrrole nitrogens is 1. The molecule has 2 N–H and O–H groups in total.